The van der Waals surface area contributed by atoms with Crippen molar-refractivity contribution in [2.45, 2.75) is 43.0 Å². The van der Waals surface area contributed by atoms with Crippen molar-refractivity contribution in [2.24, 2.45) is 0 Å². The number of benzene rings is 2. The second-order valence-electron chi connectivity index (χ2n) is 7.13. The van der Waals surface area contributed by atoms with Crippen molar-refractivity contribution in [1.82, 2.24) is 0 Å². The highest BCUT2D eigenvalue weighted by Gasteiger charge is 2.36. The van der Waals surface area contributed by atoms with Crippen LogP contribution in [-0.2, 0) is 14.8 Å². The molecule has 3 N–H and O–H groups in total. The zero-order valence-electron chi connectivity index (χ0n) is 16.0. The first-order valence-corrected chi connectivity index (χ1v) is 11.1. The molecule has 0 amide bonds. The maximum absolute atomic E-state index is 13.1. The number of nitrogens with two attached hydrogens (primary N) is 1. The number of para-hydroxylation sites is 1. The minimum Gasteiger partial charge on any atom is -0.481 e. The largest absolute Gasteiger partial charge is 0.481 e. The van der Waals surface area contributed by atoms with E-state index in [1.54, 1.807) is 19.2 Å². The summed E-state index contributed by atoms with van der Waals surface area (Å²) in [6, 6.07) is 14.8. The lowest BCUT2D eigenvalue weighted by molar-refractivity contribution is -0.687. The Balaban J connectivity index is 1.81. The number of hydrogen-bond donors (Lipinski definition) is 2. The van der Waals surface area contributed by atoms with Gasteiger partial charge >= 0.3 is 5.97 Å². The van der Waals surface area contributed by atoms with E-state index in [-0.39, 0.29) is 12.5 Å². The molecule has 0 spiro atoms. The second-order valence-corrected chi connectivity index (χ2v) is 9.07. The molecule has 0 bridgehead atoms. The smallest absolute Gasteiger partial charge is 0.303 e. The van der Waals surface area contributed by atoms with Crippen molar-refractivity contribution in [3.8, 4) is 0 Å². The van der Waals surface area contributed by atoms with Crippen molar-refractivity contribution in [1.29, 1.82) is 0 Å². The minimum absolute atomic E-state index is 0.0915. The molecule has 28 heavy (non-hydrogen) atoms. The third-order valence-corrected chi connectivity index (χ3v) is 7.10. The number of aliphatic carboxylic acids is 1. The summed E-state index contributed by atoms with van der Waals surface area (Å²) in [7, 11) is -1.99. The topological polar surface area (TPSA) is 91.3 Å². The lowest BCUT2D eigenvalue weighted by Gasteiger charge is -2.20. The summed E-state index contributed by atoms with van der Waals surface area (Å²) in [6.45, 7) is 0.851. The van der Waals surface area contributed by atoms with E-state index in [4.69, 9.17) is 5.11 Å². The summed E-state index contributed by atoms with van der Waals surface area (Å²) in [5.74, 6) is -0.747. The molecule has 150 valence electrons. The van der Waals surface area contributed by atoms with Crippen LogP contribution in [0, 0.1) is 0 Å². The van der Waals surface area contributed by atoms with Crippen molar-refractivity contribution < 1.29 is 23.6 Å². The molecule has 0 aromatic heterocycles. The molecular formula is C21H27N2O4S+. The molecule has 0 fully saturated rings. The van der Waals surface area contributed by atoms with E-state index in [0.717, 1.165) is 36.9 Å². The third kappa shape index (κ3) is 4.20. The number of carboxylic acids is 1. The van der Waals surface area contributed by atoms with Gasteiger partial charge in [0.15, 0.2) is 0 Å². The Morgan fingerprint density at radius 3 is 2.39 bits per heavy atom. The highest BCUT2D eigenvalue weighted by atomic mass is 32.2. The Kier molecular flexibility index (Phi) is 6.36. The third-order valence-electron chi connectivity index (χ3n) is 5.25. The quantitative estimate of drug-likeness (QED) is 0.663. The number of quaternary nitrogens is 1. The maximum Gasteiger partial charge on any atom is 0.303 e. The first kappa shape index (κ1) is 20.4. The summed E-state index contributed by atoms with van der Waals surface area (Å²) < 4.78 is 27.6. The van der Waals surface area contributed by atoms with E-state index >= 15 is 0 Å². The minimum atomic E-state index is -3.60. The van der Waals surface area contributed by atoms with Crippen LogP contribution < -0.4 is 9.62 Å². The number of nitrogens with zero attached hydrogens (tertiary/aromatic N) is 1. The van der Waals surface area contributed by atoms with Gasteiger partial charge in [0.05, 0.1) is 17.1 Å². The van der Waals surface area contributed by atoms with E-state index < -0.39 is 16.0 Å². The fourth-order valence-corrected chi connectivity index (χ4v) is 5.23. The fourth-order valence-electron chi connectivity index (χ4n) is 3.77. The van der Waals surface area contributed by atoms with E-state index in [2.05, 4.69) is 5.32 Å². The number of sulfonamides is 1. The van der Waals surface area contributed by atoms with Gasteiger partial charge in [-0.2, -0.15) is 0 Å². The summed E-state index contributed by atoms with van der Waals surface area (Å²) in [6.07, 6.45) is 3.75. The Bertz CT molecular complexity index is 943. The lowest BCUT2D eigenvalue weighted by Crippen LogP contribution is -2.85. The molecule has 1 aliphatic rings. The zero-order chi connectivity index (χ0) is 20.1. The van der Waals surface area contributed by atoms with Crippen molar-refractivity contribution in [3.63, 3.8) is 0 Å². The second kappa shape index (κ2) is 8.75. The monoisotopic (exact) mass is 403 g/mol. The summed E-state index contributed by atoms with van der Waals surface area (Å²) >= 11 is 0. The molecule has 7 heteroatoms. The van der Waals surface area contributed by atoms with E-state index in [9.17, 15) is 13.2 Å². The number of carboxylic acid groups (broad SMARTS) is 1. The molecule has 0 saturated carbocycles. The Morgan fingerprint density at radius 1 is 1.00 bits per heavy atom. The standard InChI is InChI=1S/C21H26N2O4S/c1-23-18-12-7-5-10-16(18)21(22-15-9-3-2-4-14-20(24)25)17-11-6-8-13-19(17)28(23,26)27/h5-8,10-13,21-22H,2-4,9,14-15H2,1H3,(H,24,25)/p+1. The van der Waals surface area contributed by atoms with Crippen LogP contribution >= 0.6 is 0 Å². The molecule has 1 aliphatic heterocycles. The van der Waals surface area contributed by atoms with Gasteiger partial charge in [-0.25, -0.2) is 8.42 Å². The van der Waals surface area contributed by atoms with E-state index in [1.165, 1.54) is 4.31 Å². The van der Waals surface area contributed by atoms with Crippen molar-refractivity contribution >= 4 is 21.7 Å². The number of hydrogen-bond acceptors (Lipinski definition) is 3. The fraction of sp³-hybridized carbons (Fsp3) is 0.381. The van der Waals surface area contributed by atoms with Crippen LogP contribution in [0.1, 0.15) is 49.3 Å². The summed E-state index contributed by atoms with van der Waals surface area (Å²) in [5.41, 5.74) is 2.51. The predicted molar refractivity (Wildman–Crippen MR) is 108 cm³/mol. The molecule has 6 nitrogen and oxygen atoms in total. The molecule has 1 unspecified atom stereocenters. The van der Waals surface area contributed by atoms with Gasteiger partial charge in [-0.1, -0.05) is 42.8 Å². The van der Waals surface area contributed by atoms with Crippen LogP contribution in [0.3, 0.4) is 0 Å². The Labute approximate surface area is 166 Å². The molecule has 2 aromatic carbocycles. The van der Waals surface area contributed by atoms with Crippen LogP contribution in [0.4, 0.5) is 5.69 Å². The van der Waals surface area contributed by atoms with Gasteiger partial charge in [0.1, 0.15) is 6.04 Å². The first-order chi connectivity index (χ1) is 13.4. The summed E-state index contributed by atoms with van der Waals surface area (Å²) in [4.78, 5) is 10.9. The number of anilines is 1. The average Bonchev–Trinajstić information content (AvgIpc) is 2.75. The number of unbranched alkanes of at least 4 members (excludes halogenated alkanes) is 3. The van der Waals surface area contributed by atoms with Gasteiger partial charge in [0.2, 0.25) is 0 Å². The van der Waals surface area contributed by atoms with Crippen LogP contribution in [0.25, 0.3) is 0 Å². The van der Waals surface area contributed by atoms with Crippen LogP contribution in [0.15, 0.2) is 53.4 Å². The Hall–Kier alpha value is -2.38. The Morgan fingerprint density at radius 2 is 1.64 bits per heavy atom. The molecule has 0 saturated heterocycles. The van der Waals surface area contributed by atoms with Crippen LogP contribution in [-0.4, -0.2) is 33.1 Å². The van der Waals surface area contributed by atoms with E-state index in [1.807, 2.05) is 36.4 Å². The molecule has 0 radical (unpaired) electrons. The summed E-state index contributed by atoms with van der Waals surface area (Å²) in [5, 5.41) is 10.9. The highest BCUT2D eigenvalue weighted by molar-refractivity contribution is 7.92. The first-order valence-electron chi connectivity index (χ1n) is 9.65. The maximum atomic E-state index is 13.1. The molecule has 2 aromatic rings. The van der Waals surface area contributed by atoms with Crippen molar-refractivity contribution in [2.75, 3.05) is 17.9 Å². The molecule has 1 heterocycles. The van der Waals surface area contributed by atoms with Gasteiger partial charge in [0, 0.05) is 24.6 Å². The van der Waals surface area contributed by atoms with Gasteiger partial charge in [-0.05, 0) is 31.4 Å². The van der Waals surface area contributed by atoms with Gasteiger partial charge in [0.25, 0.3) is 10.0 Å². The van der Waals surface area contributed by atoms with Crippen molar-refractivity contribution in [3.05, 3.63) is 59.7 Å². The van der Waals surface area contributed by atoms with Gasteiger partial charge in [-0.15, -0.1) is 0 Å². The molecular weight excluding hydrogens is 376 g/mol. The molecule has 1 atom stereocenters. The number of fused-ring (bicyclic) bond motifs is 2. The van der Waals surface area contributed by atoms with Gasteiger partial charge in [-0.3, -0.25) is 9.10 Å². The lowest BCUT2D eigenvalue weighted by atomic mass is 9.96. The van der Waals surface area contributed by atoms with Gasteiger partial charge < -0.3 is 10.4 Å². The highest BCUT2D eigenvalue weighted by Crippen LogP contribution is 2.37. The van der Waals surface area contributed by atoms with Crippen LogP contribution in [0.2, 0.25) is 0 Å². The normalized spacial score (nSPS) is 17.5. The predicted octanol–water partition coefficient (Wildman–Crippen LogP) is 2.51. The van der Waals surface area contributed by atoms with E-state index in [0.29, 0.717) is 17.0 Å². The van der Waals surface area contributed by atoms with Crippen LogP contribution in [0.5, 0.6) is 0 Å². The average molecular weight is 404 g/mol. The zero-order valence-corrected chi connectivity index (χ0v) is 16.9. The number of carbonyl (C=O) groups is 1. The SMILES string of the molecule is CN1c2ccccc2C([NH2+]CCCCCCC(=O)O)c2ccccc2S1(=O)=O. The number of rotatable bonds is 8. The molecule has 3 rings (SSSR count). The molecule has 0 aliphatic carbocycles.